The Balaban J connectivity index is 0.00000320. The number of halogens is 1. The Kier molecular flexibility index (Phi) is 9.24. The minimum atomic E-state index is 0. The van der Waals surface area contributed by atoms with Gasteiger partial charge in [-0.05, 0) is 50.6 Å². The lowest BCUT2D eigenvalue weighted by Gasteiger charge is -2.15. The molecule has 7 heteroatoms. The van der Waals surface area contributed by atoms with Gasteiger partial charge in [-0.15, -0.1) is 24.0 Å². The first-order chi connectivity index (χ1) is 14.1. The molecule has 0 bridgehead atoms. The van der Waals surface area contributed by atoms with Crippen LogP contribution in [0.4, 0.5) is 0 Å². The summed E-state index contributed by atoms with van der Waals surface area (Å²) in [5.74, 6) is 2.56. The molecule has 6 nitrogen and oxygen atoms in total. The van der Waals surface area contributed by atoms with E-state index in [1.807, 2.05) is 38.1 Å². The van der Waals surface area contributed by atoms with Crippen LogP contribution in [0.3, 0.4) is 0 Å². The number of hydrogen-bond acceptors (Lipinski definition) is 4. The molecule has 2 aromatic carbocycles. The van der Waals surface area contributed by atoms with Gasteiger partial charge in [0.15, 0.2) is 5.96 Å². The Hall–Kier alpha value is -2.47. The number of nitriles is 1. The third kappa shape index (κ3) is 6.26. The molecule has 2 aromatic rings. The van der Waals surface area contributed by atoms with Crippen molar-refractivity contribution in [1.29, 1.82) is 5.26 Å². The fourth-order valence-electron chi connectivity index (χ4n) is 3.29. The molecule has 0 amide bonds. The summed E-state index contributed by atoms with van der Waals surface area (Å²) in [6, 6.07) is 13.8. The zero-order chi connectivity index (χ0) is 20.6. The SMILES string of the molecule is CCNC(=NCc1ccc(C#N)cc1)NCc1cc2c(cc1OCC)CC(C)O2.I. The number of aliphatic imine (C=N–C) groups is 1. The van der Waals surface area contributed by atoms with E-state index in [0.717, 1.165) is 41.6 Å². The second kappa shape index (κ2) is 11.6. The Morgan fingerprint density at radius 3 is 2.67 bits per heavy atom. The second-order valence-electron chi connectivity index (χ2n) is 6.99. The van der Waals surface area contributed by atoms with Gasteiger partial charge in [0.1, 0.15) is 17.6 Å². The number of benzene rings is 2. The Labute approximate surface area is 195 Å². The van der Waals surface area contributed by atoms with Crippen molar-refractivity contribution in [3.63, 3.8) is 0 Å². The lowest BCUT2D eigenvalue weighted by Crippen LogP contribution is -2.36. The van der Waals surface area contributed by atoms with E-state index in [1.54, 1.807) is 0 Å². The van der Waals surface area contributed by atoms with Gasteiger partial charge in [-0.25, -0.2) is 4.99 Å². The number of fused-ring (bicyclic) bond motifs is 1. The van der Waals surface area contributed by atoms with E-state index in [2.05, 4.69) is 40.8 Å². The van der Waals surface area contributed by atoms with Crippen LogP contribution in [-0.2, 0) is 19.5 Å². The van der Waals surface area contributed by atoms with Crippen molar-refractivity contribution in [1.82, 2.24) is 10.6 Å². The largest absolute Gasteiger partial charge is 0.494 e. The molecule has 0 aliphatic carbocycles. The summed E-state index contributed by atoms with van der Waals surface area (Å²) in [7, 11) is 0. The molecule has 30 heavy (non-hydrogen) atoms. The van der Waals surface area contributed by atoms with Crippen molar-refractivity contribution in [2.45, 2.75) is 46.4 Å². The van der Waals surface area contributed by atoms with Crippen LogP contribution in [0, 0.1) is 11.3 Å². The highest BCUT2D eigenvalue weighted by molar-refractivity contribution is 14.0. The number of ether oxygens (including phenoxy) is 2. The minimum Gasteiger partial charge on any atom is -0.494 e. The molecule has 1 aliphatic rings. The van der Waals surface area contributed by atoms with Crippen LogP contribution in [0.1, 0.15) is 43.0 Å². The van der Waals surface area contributed by atoms with Gasteiger partial charge in [0.2, 0.25) is 0 Å². The molecule has 2 N–H and O–H groups in total. The average Bonchev–Trinajstić information content (AvgIpc) is 3.09. The van der Waals surface area contributed by atoms with Gasteiger partial charge in [-0.1, -0.05) is 12.1 Å². The first kappa shape index (κ1) is 23.8. The van der Waals surface area contributed by atoms with E-state index >= 15 is 0 Å². The predicted octanol–water partition coefficient (Wildman–Crippen LogP) is 4.15. The van der Waals surface area contributed by atoms with Crippen LogP contribution in [0.15, 0.2) is 41.4 Å². The molecular formula is C23H29IN4O2. The third-order valence-corrected chi connectivity index (χ3v) is 4.67. The van der Waals surface area contributed by atoms with Crippen LogP contribution in [0.25, 0.3) is 0 Å². The van der Waals surface area contributed by atoms with Gasteiger partial charge in [-0.2, -0.15) is 5.26 Å². The maximum absolute atomic E-state index is 8.91. The lowest BCUT2D eigenvalue weighted by molar-refractivity contribution is 0.254. The topological polar surface area (TPSA) is 78.7 Å². The van der Waals surface area contributed by atoms with Crippen molar-refractivity contribution in [2.75, 3.05) is 13.2 Å². The summed E-state index contributed by atoms with van der Waals surface area (Å²) < 4.78 is 11.8. The van der Waals surface area contributed by atoms with Crippen molar-refractivity contribution in [2.24, 2.45) is 4.99 Å². The van der Waals surface area contributed by atoms with Crippen LogP contribution >= 0.6 is 24.0 Å². The summed E-state index contributed by atoms with van der Waals surface area (Å²) >= 11 is 0. The van der Waals surface area contributed by atoms with Gasteiger partial charge in [0, 0.05) is 30.6 Å². The van der Waals surface area contributed by atoms with E-state index in [1.165, 1.54) is 5.56 Å². The molecular weight excluding hydrogens is 491 g/mol. The minimum absolute atomic E-state index is 0. The Morgan fingerprint density at radius 1 is 1.23 bits per heavy atom. The van der Waals surface area contributed by atoms with E-state index < -0.39 is 0 Å². The quantitative estimate of drug-likeness (QED) is 0.326. The Morgan fingerprint density at radius 2 is 2.00 bits per heavy atom. The van der Waals surface area contributed by atoms with Crippen LogP contribution in [0.2, 0.25) is 0 Å². The zero-order valence-electron chi connectivity index (χ0n) is 17.7. The Bertz CT molecular complexity index is 907. The number of nitrogens with zero attached hydrogens (tertiary/aromatic N) is 2. The summed E-state index contributed by atoms with van der Waals surface area (Å²) in [6.45, 7) is 8.61. The normalized spacial score (nSPS) is 14.7. The number of guanidine groups is 1. The third-order valence-electron chi connectivity index (χ3n) is 4.67. The first-order valence-electron chi connectivity index (χ1n) is 10.1. The van der Waals surface area contributed by atoms with Crippen LogP contribution in [0.5, 0.6) is 11.5 Å². The smallest absolute Gasteiger partial charge is 0.191 e. The number of hydrogen-bond donors (Lipinski definition) is 2. The van der Waals surface area contributed by atoms with E-state index in [9.17, 15) is 0 Å². The highest BCUT2D eigenvalue weighted by atomic mass is 127. The van der Waals surface area contributed by atoms with Gasteiger partial charge < -0.3 is 20.1 Å². The molecule has 3 rings (SSSR count). The van der Waals surface area contributed by atoms with E-state index in [0.29, 0.717) is 25.3 Å². The van der Waals surface area contributed by atoms with E-state index in [-0.39, 0.29) is 30.1 Å². The monoisotopic (exact) mass is 520 g/mol. The number of rotatable bonds is 7. The highest BCUT2D eigenvalue weighted by Crippen LogP contribution is 2.35. The molecule has 0 saturated heterocycles. The summed E-state index contributed by atoms with van der Waals surface area (Å²) in [6.07, 6.45) is 1.12. The molecule has 0 aromatic heterocycles. The molecule has 0 spiro atoms. The molecule has 160 valence electrons. The van der Waals surface area contributed by atoms with Crippen LogP contribution in [-0.4, -0.2) is 25.2 Å². The standard InChI is InChI=1S/C23H28N4O2.HI/c1-4-25-23(26-14-18-8-6-17(13-24)7-9-18)27-15-20-12-22-19(10-16(3)29-22)11-21(20)28-5-2;/h6-9,11-12,16H,4-5,10,14-15H2,1-3H3,(H2,25,26,27);1H. The van der Waals surface area contributed by atoms with Crippen molar-refractivity contribution >= 4 is 29.9 Å². The highest BCUT2D eigenvalue weighted by Gasteiger charge is 2.21. The van der Waals surface area contributed by atoms with E-state index in [4.69, 9.17) is 14.7 Å². The molecule has 0 saturated carbocycles. The second-order valence-corrected chi connectivity index (χ2v) is 6.99. The fourth-order valence-corrected chi connectivity index (χ4v) is 3.29. The van der Waals surface area contributed by atoms with Crippen molar-refractivity contribution < 1.29 is 9.47 Å². The van der Waals surface area contributed by atoms with Crippen LogP contribution < -0.4 is 20.1 Å². The van der Waals surface area contributed by atoms with Gasteiger partial charge in [0.05, 0.1) is 24.8 Å². The summed E-state index contributed by atoms with van der Waals surface area (Å²) in [4.78, 5) is 4.65. The molecule has 0 fully saturated rings. The molecule has 1 atom stereocenters. The van der Waals surface area contributed by atoms with Gasteiger partial charge >= 0.3 is 0 Å². The van der Waals surface area contributed by atoms with Gasteiger partial charge in [0.25, 0.3) is 0 Å². The van der Waals surface area contributed by atoms with Gasteiger partial charge in [-0.3, -0.25) is 0 Å². The maximum Gasteiger partial charge on any atom is 0.191 e. The fraction of sp³-hybridized carbons (Fsp3) is 0.391. The molecule has 1 unspecified atom stereocenters. The molecule has 1 heterocycles. The average molecular weight is 520 g/mol. The first-order valence-corrected chi connectivity index (χ1v) is 10.1. The predicted molar refractivity (Wildman–Crippen MR) is 130 cm³/mol. The van der Waals surface area contributed by atoms with Crippen molar-refractivity contribution in [3.05, 3.63) is 58.7 Å². The van der Waals surface area contributed by atoms with Crippen molar-refractivity contribution in [3.8, 4) is 17.6 Å². The number of nitrogens with one attached hydrogen (secondary N) is 2. The summed E-state index contributed by atoms with van der Waals surface area (Å²) in [5.41, 5.74) is 3.95. The molecule has 1 aliphatic heterocycles. The summed E-state index contributed by atoms with van der Waals surface area (Å²) in [5, 5.41) is 15.6. The maximum atomic E-state index is 8.91. The zero-order valence-corrected chi connectivity index (χ0v) is 20.0. The lowest BCUT2D eigenvalue weighted by atomic mass is 10.1. The molecule has 0 radical (unpaired) electrons.